The van der Waals surface area contributed by atoms with Gasteiger partial charge in [-0.15, -0.1) is 5.10 Å². The highest BCUT2D eigenvalue weighted by Crippen LogP contribution is 2.27. The Morgan fingerprint density at radius 3 is 2.75 bits per heavy atom. The monoisotopic (exact) mass is 440 g/mol. The number of aromatic nitrogens is 3. The van der Waals surface area contributed by atoms with Gasteiger partial charge in [0.25, 0.3) is 0 Å². The van der Waals surface area contributed by atoms with Gasteiger partial charge in [0.1, 0.15) is 11.8 Å². The molecule has 0 saturated carbocycles. The van der Waals surface area contributed by atoms with Crippen molar-refractivity contribution in [2.75, 3.05) is 26.2 Å². The number of nitrogens with zero attached hydrogens (tertiary/aromatic N) is 4. The van der Waals surface area contributed by atoms with E-state index in [0.29, 0.717) is 19.7 Å². The van der Waals surface area contributed by atoms with E-state index in [-0.39, 0.29) is 24.3 Å². The first-order chi connectivity index (χ1) is 15.7. The first-order valence-corrected chi connectivity index (χ1v) is 11.7. The van der Waals surface area contributed by atoms with Gasteiger partial charge in [-0.25, -0.2) is 9.48 Å². The van der Waals surface area contributed by atoms with Gasteiger partial charge in [-0.1, -0.05) is 35.5 Å². The van der Waals surface area contributed by atoms with Crippen LogP contribution in [0.4, 0.5) is 4.79 Å². The summed E-state index contributed by atoms with van der Waals surface area (Å²) < 4.78 is 13.7. The summed E-state index contributed by atoms with van der Waals surface area (Å²) in [5.41, 5.74) is 3.24. The Kier molecular flexibility index (Phi) is 6.66. The van der Waals surface area contributed by atoms with Crippen LogP contribution in [0.3, 0.4) is 0 Å². The van der Waals surface area contributed by atoms with Crippen LogP contribution in [0.5, 0.6) is 0 Å². The van der Waals surface area contributed by atoms with Crippen molar-refractivity contribution in [3.05, 3.63) is 47.3 Å². The standard InChI is InChI=1S/C23H32N6O3/c30-23(24-13-19-7-4-12-31-19)25-18-8-10-28(11-9-18)14-20-21-16-32-22(15-29(21)27-26-20)17-5-2-1-3-6-17/h1-3,5-6,18-19,22H,4,7-16H2,(H2,24,25,30)/t19-,22-/m0/s1. The maximum atomic E-state index is 12.2. The summed E-state index contributed by atoms with van der Waals surface area (Å²) in [6, 6.07) is 10.4. The van der Waals surface area contributed by atoms with Crippen LogP contribution in [-0.2, 0) is 29.2 Å². The zero-order valence-electron chi connectivity index (χ0n) is 18.4. The van der Waals surface area contributed by atoms with Crippen molar-refractivity contribution >= 4 is 6.03 Å². The van der Waals surface area contributed by atoms with Gasteiger partial charge < -0.3 is 20.1 Å². The second-order valence-corrected chi connectivity index (χ2v) is 8.92. The summed E-state index contributed by atoms with van der Waals surface area (Å²) in [5.74, 6) is 0. The summed E-state index contributed by atoms with van der Waals surface area (Å²) in [7, 11) is 0. The Morgan fingerprint density at radius 2 is 1.97 bits per heavy atom. The van der Waals surface area contributed by atoms with Crippen molar-refractivity contribution in [1.82, 2.24) is 30.5 Å². The predicted octanol–water partition coefficient (Wildman–Crippen LogP) is 1.99. The molecule has 4 heterocycles. The lowest BCUT2D eigenvalue weighted by molar-refractivity contribution is -0.00216. The molecule has 2 aromatic rings. The number of urea groups is 1. The second-order valence-electron chi connectivity index (χ2n) is 8.92. The normalized spacial score (nSPS) is 24.2. The Labute approximate surface area is 188 Å². The molecule has 2 fully saturated rings. The molecule has 0 bridgehead atoms. The number of nitrogens with one attached hydrogen (secondary N) is 2. The fourth-order valence-electron chi connectivity index (χ4n) is 4.75. The number of likely N-dealkylation sites (tertiary alicyclic amines) is 1. The van der Waals surface area contributed by atoms with Gasteiger partial charge in [-0.05, 0) is 31.2 Å². The number of amides is 2. The van der Waals surface area contributed by atoms with Crippen molar-refractivity contribution in [3.63, 3.8) is 0 Å². The number of piperidine rings is 1. The topological polar surface area (TPSA) is 93.5 Å². The molecule has 3 aliphatic heterocycles. The van der Waals surface area contributed by atoms with E-state index in [4.69, 9.17) is 9.47 Å². The van der Waals surface area contributed by atoms with Crippen LogP contribution in [-0.4, -0.2) is 64.3 Å². The molecule has 172 valence electrons. The zero-order chi connectivity index (χ0) is 21.8. The molecule has 0 unspecified atom stereocenters. The summed E-state index contributed by atoms with van der Waals surface area (Å²) in [5, 5.41) is 14.9. The second kappa shape index (κ2) is 9.97. The van der Waals surface area contributed by atoms with Gasteiger partial charge in [-0.3, -0.25) is 4.90 Å². The van der Waals surface area contributed by atoms with Crippen molar-refractivity contribution < 1.29 is 14.3 Å². The van der Waals surface area contributed by atoms with Gasteiger partial charge >= 0.3 is 6.03 Å². The Hall–Kier alpha value is -2.49. The molecule has 5 rings (SSSR count). The zero-order valence-corrected chi connectivity index (χ0v) is 18.4. The molecule has 2 atom stereocenters. The molecule has 0 radical (unpaired) electrons. The molecule has 9 heteroatoms. The largest absolute Gasteiger partial charge is 0.376 e. The van der Waals surface area contributed by atoms with E-state index in [1.54, 1.807) is 0 Å². The van der Waals surface area contributed by atoms with Gasteiger partial charge in [-0.2, -0.15) is 0 Å². The van der Waals surface area contributed by atoms with Crippen LogP contribution in [0.15, 0.2) is 30.3 Å². The highest BCUT2D eigenvalue weighted by atomic mass is 16.5. The molecule has 0 aliphatic carbocycles. The maximum Gasteiger partial charge on any atom is 0.315 e. The molecule has 3 aliphatic rings. The molecule has 2 amide bonds. The van der Waals surface area contributed by atoms with Gasteiger partial charge in [0.2, 0.25) is 0 Å². The summed E-state index contributed by atoms with van der Waals surface area (Å²) in [6.45, 7) is 5.25. The molecule has 9 nitrogen and oxygen atoms in total. The van der Waals surface area contributed by atoms with Crippen LogP contribution in [0.1, 0.15) is 48.7 Å². The molecule has 2 saturated heterocycles. The fourth-order valence-corrected chi connectivity index (χ4v) is 4.75. The van der Waals surface area contributed by atoms with E-state index in [2.05, 4.69) is 38.0 Å². The number of benzene rings is 1. The van der Waals surface area contributed by atoms with Crippen LogP contribution >= 0.6 is 0 Å². The lowest BCUT2D eigenvalue weighted by Crippen LogP contribution is -2.48. The molecule has 1 aromatic heterocycles. The third kappa shape index (κ3) is 5.11. The third-order valence-corrected chi connectivity index (χ3v) is 6.66. The fraction of sp³-hybridized carbons (Fsp3) is 0.609. The molecule has 2 N–H and O–H groups in total. The average Bonchev–Trinajstić information content (AvgIpc) is 3.49. The van der Waals surface area contributed by atoms with Crippen LogP contribution in [0, 0.1) is 0 Å². The Balaban J connectivity index is 1.07. The van der Waals surface area contributed by atoms with E-state index in [1.165, 1.54) is 5.56 Å². The molecule has 0 spiro atoms. The highest BCUT2D eigenvalue weighted by molar-refractivity contribution is 5.74. The lowest BCUT2D eigenvalue weighted by Gasteiger charge is -2.32. The van der Waals surface area contributed by atoms with Crippen LogP contribution in [0.2, 0.25) is 0 Å². The number of hydrogen-bond donors (Lipinski definition) is 2. The van der Waals surface area contributed by atoms with Crippen LogP contribution in [0.25, 0.3) is 0 Å². The average molecular weight is 441 g/mol. The number of rotatable bonds is 6. The minimum absolute atomic E-state index is 0.0199. The Morgan fingerprint density at radius 1 is 1.12 bits per heavy atom. The van der Waals surface area contributed by atoms with E-state index in [1.807, 2.05) is 22.9 Å². The van der Waals surface area contributed by atoms with E-state index >= 15 is 0 Å². The van der Waals surface area contributed by atoms with E-state index in [0.717, 1.165) is 63.3 Å². The Bertz CT molecular complexity index is 890. The number of ether oxygens (including phenoxy) is 2. The minimum atomic E-state index is -0.0866. The van der Waals surface area contributed by atoms with Crippen molar-refractivity contribution in [1.29, 1.82) is 0 Å². The highest BCUT2D eigenvalue weighted by Gasteiger charge is 2.27. The molecular formula is C23H32N6O3. The first kappa shape index (κ1) is 21.4. The van der Waals surface area contributed by atoms with Gasteiger partial charge in [0.05, 0.1) is 24.9 Å². The van der Waals surface area contributed by atoms with Gasteiger partial charge in [0, 0.05) is 38.8 Å². The molecular weight excluding hydrogens is 408 g/mol. The van der Waals surface area contributed by atoms with Crippen molar-refractivity contribution in [2.45, 2.75) is 63.6 Å². The SMILES string of the molecule is O=C(NC[C@@H]1CCCO1)NC1CCN(Cc2nnn3c2CO[C@H](c2ccccc2)C3)CC1. The third-order valence-electron chi connectivity index (χ3n) is 6.66. The smallest absolute Gasteiger partial charge is 0.315 e. The quantitative estimate of drug-likeness (QED) is 0.714. The number of hydrogen-bond acceptors (Lipinski definition) is 6. The minimum Gasteiger partial charge on any atom is -0.376 e. The van der Waals surface area contributed by atoms with Crippen molar-refractivity contribution in [2.24, 2.45) is 0 Å². The molecule has 32 heavy (non-hydrogen) atoms. The lowest BCUT2D eigenvalue weighted by atomic mass is 10.0. The van der Waals surface area contributed by atoms with E-state index in [9.17, 15) is 4.79 Å². The number of fused-ring (bicyclic) bond motifs is 1. The number of carbonyl (C=O) groups excluding carboxylic acids is 1. The van der Waals surface area contributed by atoms with Gasteiger partial charge in [0.15, 0.2) is 0 Å². The maximum absolute atomic E-state index is 12.2. The number of carbonyl (C=O) groups is 1. The summed E-state index contributed by atoms with van der Waals surface area (Å²) >= 11 is 0. The first-order valence-electron chi connectivity index (χ1n) is 11.7. The van der Waals surface area contributed by atoms with Crippen LogP contribution < -0.4 is 10.6 Å². The van der Waals surface area contributed by atoms with E-state index < -0.39 is 0 Å². The predicted molar refractivity (Wildman–Crippen MR) is 118 cm³/mol. The van der Waals surface area contributed by atoms with Crippen molar-refractivity contribution in [3.8, 4) is 0 Å². The summed E-state index contributed by atoms with van der Waals surface area (Å²) in [4.78, 5) is 14.6. The summed E-state index contributed by atoms with van der Waals surface area (Å²) in [6.07, 6.45) is 4.17. The molecule has 1 aromatic carbocycles.